The quantitative estimate of drug-likeness (QED) is 0.814. The van der Waals surface area contributed by atoms with Crippen molar-refractivity contribution >= 4 is 42.0 Å². The Labute approximate surface area is 154 Å². The lowest BCUT2D eigenvalue weighted by atomic mass is 9.49. The van der Waals surface area contributed by atoms with Gasteiger partial charge in [-0.3, -0.25) is 4.79 Å². The van der Waals surface area contributed by atoms with E-state index in [1.54, 1.807) is 27.7 Å². The topological polar surface area (TPSA) is 47.6 Å². The van der Waals surface area contributed by atoms with E-state index in [0.717, 1.165) is 6.07 Å². The van der Waals surface area contributed by atoms with Crippen molar-refractivity contribution in [2.45, 2.75) is 50.6 Å². The van der Waals surface area contributed by atoms with Crippen LogP contribution in [0.25, 0.3) is 0 Å². The number of benzene rings is 1. The third-order valence-electron chi connectivity index (χ3n) is 4.46. The predicted octanol–water partition coefficient (Wildman–Crippen LogP) is 0.909. The Morgan fingerprint density at radius 1 is 1.15 bits per heavy atom. The van der Waals surface area contributed by atoms with E-state index in [4.69, 9.17) is 32.8 Å². The highest BCUT2D eigenvalue weighted by atomic mass is 19.3. The van der Waals surface area contributed by atoms with Gasteiger partial charge < -0.3 is 14.6 Å². The van der Waals surface area contributed by atoms with Gasteiger partial charge in [-0.1, -0.05) is 5.24 Å². The number of amides is 1. The molecule has 26 heavy (non-hydrogen) atoms. The molecular weight excluding hydrogens is 342 g/mol. The van der Waals surface area contributed by atoms with Crippen LogP contribution >= 0.6 is 0 Å². The minimum atomic E-state index is -3.16. The maximum Gasteiger partial charge on any atom is 0.497 e. The Kier molecular flexibility index (Phi) is 5.38. The number of carbonyl (C=O) groups excluding carboxylic acids is 1. The van der Waals surface area contributed by atoms with Crippen molar-refractivity contribution in [2.75, 3.05) is 0 Å². The molecule has 0 bridgehead atoms. The van der Waals surface area contributed by atoms with Crippen LogP contribution in [0.5, 0.6) is 0 Å². The lowest BCUT2D eigenvalue weighted by Crippen LogP contribution is -2.50. The van der Waals surface area contributed by atoms with Gasteiger partial charge in [-0.15, -0.1) is 0 Å². The summed E-state index contributed by atoms with van der Waals surface area (Å²) >= 11 is 0. The van der Waals surface area contributed by atoms with Crippen LogP contribution in [0.3, 0.4) is 0 Å². The molecule has 0 aromatic heterocycles. The molecule has 1 heterocycles. The van der Waals surface area contributed by atoms with Crippen LogP contribution in [0.15, 0.2) is 12.1 Å². The van der Waals surface area contributed by atoms with Gasteiger partial charge in [-0.05, 0) is 39.8 Å². The fourth-order valence-corrected chi connectivity index (χ4v) is 2.37. The van der Waals surface area contributed by atoms with Crippen molar-refractivity contribution in [1.29, 1.82) is 0 Å². The molecule has 4 nitrogen and oxygen atoms in total. The second kappa shape index (κ2) is 6.68. The first kappa shape index (κ1) is 21.0. The highest BCUT2D eigenvalue weighted by Gasteiger charge is 2.52. The Morgan fingerprint density at radius 2 is 1.65 bits per heavy atom. The standard InChI is InChI=1S/C15H16B4F3NO3/c1-13(2)14(3,4)26-19(25-13)9-6-7(12(24)23-15(16,17)18)5-8(10(9)20)11(21)22/h5-6,11H,1-4H3,(H,23,24). The monoisotopic (exact) mass is 359 g/mol. The fourth-order valence-electron chi connectivity index (χ4n) is 2.37. The zero-order chi connectivity index (χ0) is 20.1. The fraction of sp³-hybridized carbons (Fsp3) is 0.533. The van der Waals surface area contributed by atoms with E-state index < -0.39 is 47.3 Å². The van der Waals surface area contributed by atoms with Crippen LogP contribution in [0.2, 0.25) is 0 Å². The molecule has 1 N–H and O–H groups in total. The van der Waals surface area contributed by atoms with Gasteiger partial charge >= 0.3 is 7.12 Å². The number of alkyl halides is 2. The second-order valence-electron chi connectivity index (χ2n) is 7.24. The third kappa shape index (κ3) is 4.14. The van der Waals surface area contributed by atoms with Crippen molar-refractivity contribution in [1.82, 2.24) is 5.32 Å². The van der Waals surface area contributed by atoms with E-state index in [9.17, 15) is 18.0 Å². The second-order valence-corrected chi connectivity index (χ2v) is 7.24. The lowest BCUT2D eigenvalue weighted by molar-refractivity contribution is 0.00578. The first-order valence-corrected chi connectivity index (χ1v) is 7.81. The first-order valence-electron chi connectivity index (χ1n) is 7.81. The Bertz CT molecular complexity index is 707. The van der Waals surface area contributed by atoms with Crippen molar-refractivity contribution in [2.24, 2.45) is 0 Å². The Morgan fingerprint density at radius 3 is 2.08 bits per heavy atom. The number of nitrogens with one attached hydrogen (secondary N) is 1. The maximum absolute atomic E-state index is 14.6. The highest BCUT2D eigenvalue weighted by Crippen LogP contribution is 2.37. The number of hydrogen-bond acceptors (Lipinski definition) is 3. The SMILES string of the molecule is [B]C([B])([B])NC(=O)c1cc(B2OC(C)(C)C(C)(C)O2)c(F)c(C(F)F)c1. The summed E-state index contributed by atoms with van der Waals surface area (Å²) in [5, 5.41) is -0.0517. The zero-order valence-electron chi connectivity index (χ0n) is 14.9. The highest BCUT2D eigenvalue weighted by molar-refractivity contribution is 6.62. The number of hydrogen-bond donors (Lipinski definition) is 1. The van der Waals surface area contributed by atoms with Crippen LogP contribution in [0.1, 0.15) is 50.0 Å². The molecule has 0 atom stereocenters. The summed E-state index contributed by atoms with van der Waals surface area (Å²) in [6.45, 7) is 6.89. The number of halogens is 3. The van der Waals surface area contributed by atoms with Crippen LogP contribution in [0.4, 0.5) is 13.2 Å². The average Bonchev–Trinajstić information content (AvgIpc) is 2.65. The van der Waals surface area contributed by atoms with Crippen LogP contribution in [0, 0.1) is 5.82 Å². The van der Waals surface area contributed by atoms with Crippen LogP contribution in [-0.4, -0.2) is 53.0 Å². The van der Waals surface area contributed by atoms with Gasteiger partial charge in [-0.2, -0.15) is 0 Å². The van der Waals surface area contributed by atoms with E-state index in [-0.39, 0.29) is 11.0 Å². The van der Waals surface area contributed by atoms with Crippen molar-refractivity contribution in [3.63, 3.8) is 0 Å². The normalized spacial score (nSPS) is 19.0. The molecule has 1 aliphatic rings. The molecule has 0 saturated carbocycles. The minimum absolute atomic E-state index is 0.308. The molecule has 1 aromatic rings. The molecule has 1 fully saturated rings. The largest absolute Gasteiger partial charge is 0.497 e. The molecule has 132 valence electrons. The van der Waals surface area contributed by atoms with E-state index in [1.165, 1.54) is 0 Å². The molecule has 1 amide bonds. The van der Waals surface area contributed by atoms with E-state index in [0.29, 0.717) is 6.07 Å². The summed E-state index contributed by atoms with van der Waals surface area (Å²) < 4.78 is 52.5. The van der Waals surface area contributed by atoms with Crippen LogP contribution < -0.4 is 10.8 Å². The molecule has 1 saturated heterocycles. The van der Waals surface area contributed by atoms with Crippen LogP contribution in [-0.2, 0) is 9.31 Å². The Hall–Kier alpha value is -1.34. The smallest absolute Gasteiger partial charge is 0.399 e. The molecule has 11 heteroatoms. The number of carbonyl (C=O) groups is 1. The van der Waals surface area contributed by atoms with E-state index in [1.807, 2.05) is 5.32 Å². The summed E-state index contributed by atoms with van der Waals surface area (Å²) in [5.74, 6) is -2.16. The van der Waals surface area contributed by atoms with Gasteiger partial charge in [0.15, 0.2) is 0 Å². The molecule has 1 aliphatic heterocycles. The molecule has 0 aliphatic carbocycles. The van der Waals surface area contributed by atoms with Crippen molar-refractivity contribution < 1.29 is 27.3 Å². The lowest BCUT2D eigenvalue weighted by Gasteiger charge is -2.32. The Balaban J connectivity index is 2.51. The minimum Gasteiger partial charge on any atom is -0.399 e. The van der Waals surface area contributed by atoms with Gasteiger partial charge in [-0.25, -0.2) is 13.2 Å². The summed E-state index contributed by atoms with van der Waals surface area (Å²) in [4.78, 5) is 12.2. The first-order chi connectivity index (χ1) is 11.6. The summed E-state index contributed by atoms with van der Waals surface area (Å²) in [5.41, 5.74) is -3.26. The molecule has 2 rings (SSSR count). The van der Waals surface area contributed by atoms with Gasteiger partial charge in [0.1, 0.15) is 5.82 Å². The van der Waals surface area contributed by atoms with E-state index in [2.05, 4.69) is 0 Å². The van der Waals surface area contributed by atoms with Gasteiger partial charge in [0, 0.05) is 11.0 Å². The maximum atomic E-state index is 14.6. The zero-order valence-corrected chi connectivity index (χ0v) is 14.9. The molecule has 1 aromatic carbocycles. The summed E-state index contributed by atoms with van der Waals surface area (Å²) in [7, 11) is 14.6. The van der Waals surface area contributed by atoms with Crippen molar-refractivity contribution in [3.8, 4) is 0 Å². The molecule has 0 spiro atoms. The molecule has 6 radical (unpaired) electrons. The molecular formula is C15H16B4F3NO3. The van der Waals surface area contributed by atoms with Gasteiger partial charge in [0.05, 0.1) is 40.3 Å². The predicted molar refractivity (Wildman–Crippen MR) is 94.5 cm³/mol. The molecule has 0 unspecified atom stereocenters. The third-order valence-corrected chi connectivity index (χ3v) is 4.46. The summed E-state index contributed by atoms with van der Waals surface area (Å²) in [6.07, 6.45) is -3.16. The van der Waals surface area contributed by atoms with Crippen molar-refractivity contribution in [3.05, 3.63) is 29.1 Å². The van der Waals surface area contributed by atoms with Gasteiger partial charge in [0.25, 0.3) is 6.43 Å². The van der Waals surface area contributed by atoms with E-state index >= 15 is 0 Å². The average molecular weight is 359 g/mol. The van der Waals surface area contributed by atoms with Gasteiger partial charge in [0.2, 0.25) is 5.91 Å². The number of rotatable bonds is 4. The summed E-state index contributed by atoms with van der Waals surface area (Å²) in [6, 6.07) is 1.75.